The third-order valence-corrected chi connectivity index (χ3v) is 7.96. The van der Waals surface area contributed by atoms with E-state index < -0.39 is 11.8 Å². The van der Waals surface area contributed by atoms with E-state index in [-0.39, 0.29) is 37.6 Å². The normalized spacial score (nSPS) is 19.5. The molecule has 0 atom stereocenters. The van der Waals surface area contributed by atoms with E-state index in [2.05, 4.69) is 30.3 Å². The topological polar surface area (TPSA) is 105 Å². The van der Waals surface area contributed by atoms with Crippen LogP contribution in [0.4, 0.5) is 15.0 Å². The summed E-state index contributed by atoms with van der Waals surface area (Å²) >= 11 is 0. The minimum atomic E-state index is -1.70. The van der Waals surface area contributed by atoms with Crippen LogP contribution in [0.25, 0.3) is 11.2 Å². The maximum Gasteiger partial charge on any atom is 0.409 e. The molecule has 0 radical (unpaired) electrons. The van der Waals surface area contributed by atoms with Gasteiger partial charge in [0.15, 0.2) is 11.3 Å². The van der Waals surface area contributed by atoms with Crippen LogP contribution in [0.15, 0.2) is 30.5 Å². The Morgan fingerprint density at radius 2 is 2.02 bits per heavy atom. The van der Waals surface area contributed by atoms with Gasteiger partial charge in [-0.3, -0.25) is 4.79 Å². The fraction of sp³-hybridized carbons (Fsp3) is 0.600. The largest absolute Gasteiger partial charge is 0.446 e. The summed E-state index contributed by atoms with van der Waals surface area (Å²) in [6, 6.07) is 2.18. The molecule has 3 aliphatic rings. The van der Waals surface area contributed by atoms with Crippen LogP contribution < -0.4 is 5.32 Å². The Morgan fingerprint density at radius 1 is 1.26 bits per heavy atom. The van der Waals surface area contributed by atoms with Crippen LogP contribution in [-0.2, 0) is 14.3 Å². The first-order chi connectivity index (χ1) is 20.1. The molecular formula is C30H42FN7O4. The van der Waals surface area contributed by atoms with E-state index in [1.54, 1.807) is 11.0 Å². The van der Waals surface area contributed by atoms with Gasteiger partial charge in [-0.1, -0.05) is 26.0 Å². The highest BCUT2D eigenvalue weighted by atomic mass is 19.1. The molecule has 5 heterocycles. The van der Waals surface area contributed by atoms with Gasteiger partial charge in [0.25, 0.3) is 0 Å². The third-order valence-electron chi connectivity index (χ3n) is 7.96. The number of likely N-dealkylation sites (N-methyl/N-ethyl adjacent to an activating group) is 1. The van der Waals surface area contributed by atoms with Gasteiger partial charge < -0.3 is 29.5 Å². The summed E-state index contributed by atoms with van der Waals surface area (Å²) in [7, 11) is 3.81. The molecule has 2 amide bonds. The van der Waals surface area contributed by atoms with E-state index >= 15 is 0 Å². The molecule has 2 saturated heterocycles. The molecule has 5 rings (SSSR count). The number of carbonyl (C=O) groups excluding carboxylic acids is 2. The number of carbonyl (C=O) groups is 2. The maximum atomic E-state index is 15.0. The molecule has 42 heavy (non-hydrogen) atoms. The summed E-state index contributed by atoms with van der Waals surface area (Å²) in [4.78, 5) is 34.8. The standard InChI is InChI=1S/C30H42FN7O4/c1-21(2)24-17-32-38-26(16-25(34-28(24)38)22-9-14-41-15-10-22)33-23-7-12-36(13-8-23)29(40)42-20-30(31)18-37(19-30)27(39)6-5-11-35(3)4/h5-6,9,16-17,21,23,33H,7-8,10-15,18-20H2,1-4H3/b6-5+. The van der Waals surface area contributed by atoms with Crippen molar-refractivity contribution < 1.29 is 23.5 Å². The summed E-state index contributed by atoms with van der Waals surface area (Å²) in [5.74, 6) is 0.924. The lowest BCUT2D eigenvalue weighted by atomic mass is 9.97. The van der Waals surface area contributed by atoms with Gasteiger partial charge in [-0.15, -0.1) is 0 Å². The number of amides is 2. The average Bonchev–Trinajstić information content (AvgIpc) is 3.40. The zero-order valence-electron chi connectivity index (χ0n) is 25.0. The molecule has 0 unspecified atom stereocenters. The lowest BCUT2D eigenvalue weighted by Gasteiger charge is -2.43. The van der Waals surface area contributed by atoms with Gasteiger partial charge in [-0.2, -0.15) is 9.61 Å². The highest BCUT2D eigenvalue weighted by Gasteiger charge is 2.46. The second-order valence-corrected chi connectivity index (χ2v) is 12.0. The number of hydrogen-bond acceptors (Lipinski definition) is 8. The number of rotatable bonds is 9. The summed E-state index contributed by atoms with van der Waals surface area (Å²) in [5.41, 5.74) is 2.34. The molecule has 0 spiro atoms. The number of hydrogen-bond donors (Lipinski definition) is 1. The molecular weight excluding hydrogens is 541 g/mol. The van der Waals surface area contributed by atoms with E-state index in [9.17, 15) is 14.0 Å². The number of piperidine rings is 1. The molecule has 2 fully saturated rings. The monoisotopic (exact) mass is 583 g/mol. The predicted octanol–water partition coefficient (Wildman–Crippen LogP) is 3.34. The number of likely N-dealkylation sites (tertiary alicyclic amines) is 2. The van der Waals surface area contributed by atoms with Crippen molar-refractivity contribution in [1.29, 1.82) is 0 Å². The Hall–Kier alpha value is -3.51. The molecule has 2 aromatic heterocycles. The highest BCUT2D eigenvalue weighted by molar-refractivity contribution is 5.88. The number of anilines is 1. The number of alkyl halides is 1. The summed E-state index contributed by atoms with van der Waals surface area (Å²) in [5, 5.41) is 8.27. The Bertz CT molecular complexity index is 1340. The SMILES string of the molecule is CC(C)c1cnn2c(NC3CCN(C(=O)OCC4(F)CN(C(=O)/C=C/CN(C)C)C4)CC3)cc(C3=CCOCC3)nc12. The molecule has 2 aromatic rings. The van der Waals surface area contributed by atoms with Gasteiger partial charge in [0.1, 0.15) is 12.4 Å². The number of aromatic nitrogens is 3. The van der Waals surface area contributed by atoms with Crippen LogP contribution in [-0.4, -0.2) is 120 Å². The van der Waals surface area contributed by atoms with E-state index in [0.717, 1.165) is 29.1 Å². The number of nitrogens with one attached hydrogen (secondary N) is 1. The molecule has 3 aliphatic heterocycles. The van der Waals surface area contributed by atoms with Crippen LogP contribution in [0.2, 0.25) is 0 Å². The molecule has 12 heteroatoms. The second-order valence-electron chi connectivity index (χ2n) is 12.0. The van der Waals surface area contributed by atoms with Crippen LogP contribution in [0.3, 0.4) is 0 Å². The Morgan fingerprint density at radius 3 is 2.69 bits per heavy atom. The maximum absolute atomic E-state index is 15.0. The second kappa shape index (κ2) is 12.8. The zero-order valence-corrected chi connectivity index (χ0v) is 25.0. The van der Waals surface area contributed by atoms with Crippen molar-refractivity contribution in [2.24, 2.45) is 0 Å². The Kier molecular flexibility index (Phi) is 9.12. The van der Waals surface area contributed by atoms with Crippen molar-refractivity contribution in [2.75, 3.05) is 72.0 Å². The van der Waals surface area contributed by atoms with Gasteiger partial charge >= 0.3 is 6.09 Å². The van der Waals surface area contributed by atoms with Crippen LogP contribution in [0, 0.1) is 0 Å². The van der Waals surface area contributed by atoms with Crippen molar-refractivity contribution in [3.8, 4) is 0 Å². The molecule has 0 aromatic carbocycles. The van der Waals surface area contributed by atoms with Gasteiger partial charge in [0.05, 0.1) is 38.2 Å². The summed E-state index contributed by atoms with van der Waals surface area (Å²) in [6.45, 7) is 6.66. The lowest BCUT2D eigenvalue weighted by molar-refractivity contribution is -0.143. The molecule has 1 N–H and O–H groups in total. The van der Waals surface area contributed by atoms with E-state index in [4.69, 9.17) is 14.5 Å². The quantitative estimate of drug-likeness (QED) is 0.449. The fourth-order valence-corrected chi connectivity index (χ4v) is 5.47. The molecule has 0 aliphatic carbocycles. The van der Waals surface area contributed by atoms with Crippen molar-refractivity contribution in [3.05, 3.63) is 41.7 Å². The number of ether oxygens (including phenoxy) is 2. The molecule has 0 saturated carbocycles. The van der Waals surface area contributed by atoms with Crippen molar-refractivity contribution in [2.45, 2.75) is 50.7 Å². The number of fused-ring (bicyclic) bond motifs is 1. The van der Waals surface area contributed by atoms with E-state index in [1.807, 2.05) is 35.8 Å². The fourth-order valence-electron chi connectivity index (χ4n) is 5.47. The average molecular weight is 584 g/mol. The van der Waals surface area contributed by atoms with Gasteiger partial charge in [-0.05, 0) is 44.8 Å². The van der Waals surface area contributed by atoms with Crippen molar-refractivity contribution in [3.63, 3.8) is 0 Å². The minimum Gasteiger partial charge on any atom is -0.446 e. The smallest absolute Gasteiger partial charge is 0.409 e. The Balaban J connectivity index is 1.14. The number of nitrogens with zero attached hydrogens (tertiary/aromatic N) is 6. The van der Waals surface area contributed by atoms with Crippen LogP contribution >= 0.6 is 0 Å². The summed E-state index contributed by atoms with van der Waals surface area (Å²) < 4.78 is 27.7. The molecule has 228 valence electrons. The van der Waals surface area contributed by atoms with E-state index in [0.29, 0.717) is 45.7 Å². The Labute approximate surface area is 246 Å². The highest BCUT2D eigenvalue weighted by Crippen LogP contribution is 2.29. The van der Waals surface area contributed by atoms with Crippen molar-refractivity contribution >= 4 is 29.0 Å². The van der Waals surface area contributed by atoms with Gasteiger partial charge in [0, 0.05) is 43.4 Å². The first kappa shape index (κ1) is 30.0. The van der Waals surface area contributed by atoms with Crippen LogP contribution in [0.5, 0.6) is 0 Å². The first-order valence-electron chi connectivity index (χ1n) is 14.7. The first-order valence-corrected chi connectivity index (χ1v) is 14.7. The minimum absolute atomic E-state index is 0.0737. The van der Waals surface area contributed by atoms with Crippen molar-refractivity contribution in [1.82, 2.24) is 29.3 Å². The zero-order chi connectivity index (χ0) is 29.9. The van der Waals surface area contributed by atoms with Gasteiger partial charge in [0.2, 0.25) is 5.91 Å². The predicted molar refractivity (Wildman–Crippen MR) is 158 cm³/mol. The lowest BCUT2D eigenvalue weighted by Crippen LogP contribution is -2.63. The van der Waals surface area contributed by atoms with Crippen LogP contribution in [0.1, 0.15) is 50.3 Å². The van der Waals surface area contributed by atoms with E-state index in [1.165, 1.54) is 16.5 Å². The molecule has 11 nitrogen and oxygen atoms in total. The summed E-state index contributed by atoms with van der Waals surface area (Å²) in [6.07, 6.45) is 8.90. The number of halogens is 1. The van der Waals surface area contributed by atoms with Gasteiger partial charge in [-0.25, -0.2) is 14.2 Å². The third kappa shape index (κ3) is 6.92. The molecule has 0 bridgehead atoms.